The fraction of sp³-hybridized carbons (Fsp3) is 0.583. The van der Waals surface area contributed by atoms with Gasteiger partial charge in [0.15, 0.2) is 0 Å². The molecule has 0 aliphatic rings. The first-order chi connectivity index (χ1) is 7.98. The smallest absolute Gasteiger partial charge is 0.354 e. The van der Waals surface area contributed by atoms with E-state index < -0.39 is 0 Å². The van der Waals surface area contributed by atoms with Gasteiger partial charge >= 0.3 is 5.97 Å². The minimum absolute atomic E-state index is 0.106. The van der Waals surface area contributed by atoms with Gasteiger partial charge in [0.2, 0.25) is 0 Å². The Balaban J connectivity index is 2.53. The zero-order chi connectivity index (χ0) is 12.9. The summed E-state index contributed by atoms with van der Waals surface area (Å²) >= 11 is 0. The van der Waals surface area contributed by atoms with E-state index in [0.29, 0.717) is 18.8 Å². The first kappa shape index (κ1) is 13.7. The van der Waals surface area contributed by atoms with Crippen molar-refractivity contribution < 1.29 is 14.3 Å². The van der Waals surface area contributed by atoms with Gasteiger partial charge in [-0.25, -0.2) is 4.79 Å². The van der Waals surface area contributed by atoms with Crippen molar-refractivity contribution in [3.8, 4) is 0 Å². The van der Waals surface area contributed by atoms with Gasteiger partial charge in [-0.05, 0) is 26.0 Å². The van der Waals surface area contributed by atoms with Crippen LogP contribution in [0, 0.1) is 0 Å². The number of carbonyl (C=O) groups excluding carboxylic acids is 1. The lowest BCUT2D eigenvalue weighted by molar-refractivity contribution is 0.0594. The molecule has 0 saturated carbocycles. The van der Waals surface area contributed by atoms with Gasteiger partial charge in [0.25, 0.3) is 0 Å². The Hall–Kier alpha value is -1.33. The van der Waals surface area contributed by atoms with Crippen LogP contribution < -0.4 is 5.32 Å². The van der Waals surface area contributed by atoms with Gasteiger partial charge in [0.1, 0.15) is 5.69 Å². The van der Waals surface area contributed by atoms with Gasteiger partial charge in [-0.3, -0.25) is 0 Å². The number of H-pyrrole nitrogens is 1. The molecule has 0 atom stereocenters. The van der Waals surface area contributed by atoms with E-state index in [1.165, 1.54) is 7.11 Å². The van der Waals surface area contributed by atoms with Crippen molar-refractivity contribution in [2.24, 2.45) is 0 Å². The highest BCUT2D eigenvalue weighted by atomic mass is 16.5. The molecular weight excluding hydrogens is 220 g/mol. The van der Waals surface area contributed by atoms with E-state index in [1.807, 2.05) is 6.07 Å². The number of nitrogens with one attached hydrogen (secondary N) is 2. The molecular formula is C12H20N2O3. The van der Waals surface area contributed by atoms with Crippen LogP contribution in [0.3, 0.4) is 0 Å². The summed E-state index contributed by atoms with van der Waals surface area (Å²) in [7, 11) is 3.04. The summed E-state index contributed by atoms with van der Waals surface area (Å²) in [4.78, 5) is 14.2. The van der Waals surface area contributed by atoms with Crippen LogP contribution in [-0.4, -0.2) is 37.3 Å². The number of hydrogen-bond acceptors (Lipinski definition) is 4. The van der Waals surface area contributed by atoms with E-state index in [1.54, 1.807) is 13.2 Å². The average Bonchev–Trinajstić information content (AvgIpc) is 2.74. The van der Waals surface area contributed by atoms with Crippen molar-refractivity contribution in [3.63, 3.8) is 0 Å². The van der Waals surface area contributed by atoms with E-state index in [9.17, 15) is 4.79 Å². The quantitative estimate of drug-likeness (QED) is 0.736. The summed E-state index contributed by atoms with van der Waals surface area (Å²) in [5, 5.41) is 3.34. The molecule has 1 rings (SSSR count). The van der Waals surface area contributed by atoms with E-state index in [2.05, 4.69) is 28.9 Å². The molecule has 17 heavy (non-hydrogen) atoms. The first-order valence-electron chi connectivity index (χ1n) is 5.48. The van der Waals surface area contributed by atoms with Crippen LogP contribution in [0.2, 0.25) is 0 Å². The summed E-state index contributed by atoms with van der Waals surface area (Å²) in [5.41, 5.74) is 1.30. The molecule has 0 saturated heterocycles. The summed E-state index contributed by atoms with van der Waals surface area (Å²) in [6.45, 7) is 5.38. The van der Waals surface area contributed by atoms with Gasteiger partial charge in [-0.2, -0.15) is 0 Å². The Morgan fingerprint density at radius 3 is 2.71 bits per heavy atom. The van der Waals surface area contributed by atoms with Crippen molar-refractivity contribution in [3.05, 3.63) is 23.5 Å². The minimum Gasteiger partial charge on any atom is -0.464 e. The highest BCUT2D eigenvalue weighted by Gasteiger charge is 2.17. The molecule has 0 bridgehead atoms. The third kappa shape index (κ3) is 4.20. The maximum atomic E-state index is 11.2. The average molecular weight is 240 g/mol. The van der Waals surface area contributed by atoms with Crippen LogP contribution in [0.5, 0.6) is 0 Å². The molecule has 5 heteroatoms. The molecule has 0 aliphatic heterocycles. The third-order valence-corrected chi connectivity index (χ3v) is 2.41. The molecule has 96 valence electrons. The van der Waals surface area contributed by atoms with Gasteiger partial charge in [-0.1, -0.05) is 0 Å². The molecule has 0 aromatic carbocycles. The van der Waals surface area contributed by atoms with Crippen molar-refractivity contribution in [2.75, 3.05) is 20.8 Å². The van der Waals surface area contributed by atoms with Crippen LogP contribution in [-0.2, 0) is 16.0 Å². The fourth-order valence-electron chi connectivity index (χ4n) is 1.52. The van der Waals surface area contributed by atoms with Crippen LogP contribution in [0.15, 0.2) is 12.1 Å². The SMILES string of the molecule is COCC(C)(C)NCc1ccc(C(=O)OC)[nH]1. The molecule has 1 aromatic rings. The number of esters is 1. The number of carbonyl (C=O) groups is 1. The number of aromatic amines is 1. The summed E-state index contributed by atoms with van der Waals surface area (Å²) in [5.74, 6) is -0.354. The van der Waals surface area contributed by atoms with E-state index >= 15 is 0 Å². The maximum Gasteiger partial charge on any atom is 0.354 e. The van der Waals surface area contributed by atoms with Crippen LogP contribution in [0.4, 0.5) is 0 Å². The Kier molecular flexibility index (Phi) is 4.72. The van der Waals surface area contributed by atoms with Crippen LogP contribution >= 0.6 is 0 Å². The summed E-state index contributed by atoms with van der Waals surface area (Å²) < 4.78 is 9.73. The van der Waals surface area contributed by atoms with E-state index in [-0.39, 0.29) is 11.5 Å². The molecule has 0 fully saturated rings. The Morgan fingerprint density at radius 1 is 1.41 bits per heavy atom. The molecule has 5 nitrogen and oxygen atoms in total. The number of methoxy groups -OCH3 is 2. The normalized spacial score (nSPS) is 11.5. The molecule has 2 N–H and O–H groups in total. The second kappa shape index (κ2) is 5.84. The van der Waals surface area contributed by atoms with Crippen molar-refractivity contribution >= 4 is 5.97 Å². The predicted octanol–water partition coefficient (Wildman–Crippen LogP) is 1.32. The van der Waals surface area contributed by atoms with Gasteiger partial charge in [-0.15, -0.1) is 0 Å². The Labute approximate surface area is 101 Å². The third-order valence-electron chi connectivity index (χ3n) is 2.41. The Morgan fingerprint density at radius 2 is 2.12 bits per heavy atom. The van der Waals surface area contributed by atoms with E-state index in [4.69, 9.17) is 4.74 Å². The number of hydrogen-bond donors (Lipinski definition) is 2. The van der Waals surface area contributed by atoms with Crippen molar-refractivity contribution in [1.82, 2.24) is 10.3 Å². The standard InChI is InChI=1S/C12H20N2O3/c1-12(2,8-16-3)13-7-9-5-6-10(14-9)11(15)17-4/h5-6,13-14H,7-8H2,1-4H3. The number of ether oxygens (including phenoxy) is 2. The van der Waals surface area contributed by atoms with Crippen LogP contribution in [0.1, 0.15) is 30.0 Å². The zero-order valence-corrected chi connectivity index (χ0v) is 10.8. The molecule has 0 amide bonds. The van der Waals surface area contributed by atoms with Gasteiger partial charge in [0, 0.05) is 24.9 Å². The Bertz CT molecular complexity index is 372. The monoisotopic (exact) mass is 240 g/mol. The molecule has 0 radical (unpaired) electrons. The minimum atomic E-state index is -0.354. The highest BCUT2D eigenvalue weighted by Crippen LogP contribution is 2.07. The molecule has 0 spiro atoms. The second-order valence-corrected chi connectivity index (χ2v) is 4.56. The second-order valence-electron chi connectivity index (χ2n) is 4.56. The lowest BCUT2D eigenvalue weighted by Gasteiger charge is -2.25. The molecule has 0 unspecified atom stereocenters. The topological polar surface area (TPSA) is 63.4 Å². The van der Waals surface area contributed by atoms with Crippen LogP contribution in [0.25, 0.3) is 0 Å². The predicted molar refractivity (Wildman–Crippen MR) is 64.9 cm³/mol. The fourth-order valence-corrected chi connectivity index (χ4v) is 1.52. The summed E-state index contributed by atoms with van der Waals surface area (Å²) in [6, 6.07) is 3.58. The molecule has 1 aromatic heterocycles. The highest BCUT2D eigenvalue weighted by molar-refractivity contribution is 5.87. The van der Waals surface area contributed by atoms with Gasteiger partial charge < -0.3 is 19.8 Å². The largest absolute Gasteiger partial charge is 0.464 e. The van der Waals surface area contributed by atoms with Gasteiger partial charge in [0.05, 0.1) is 13.7 Å². The zero-order valence-electron chi connectivity index (χ0n) is 10.8. The molecule has 0 aliphatic carbocycles. The molecule has 1 heterocycles. The van der Waals surface area contributed by atoms with E-state index in [0.717, 1.165) is 5.69 Å². The number of rotatable bonds is 6. The summed E-state index contributed by atoms with van der Waals surface area (Å²) in [6.07, 6.45) is 0. The van der Waals surface area contributed by atoms with Crippen molar-refractivity contribution in [2.45, 2.75) is 25.9 Å². The lowest BCUT2D eigenvalue weighted by atomic mass is 10.1. The maximum absolute atomic E-state index is 11.2. The van der Waals surface area contributed by atoms with Crippen molar-refractivity contribution in [1.29, 1.82) is 0 Å². The first-order valence-corrected chi connectivity index (χ1v) is 5.48. The lowest BCUT2D eigenvalue weighted by Crippen LogP contribution is -2.42. The number of aromatic nitrogens is 1.